The van der Waals surface area contributed by atoms with Crippen molar-refractivity contribution in [3.8, 4) is 0 Å². The van der Waals surface area contributed by atoms with E-state index in [0.717, 1.165) is 102 Å². The van der Waals surface area contributed by atoms with Crippen LogP contribution in [0.15, 0.2) is 0 Å². The molecular weight excluding hydrogens is 1450 g/mol. The Morgan fingerprint density at radius 2 is 0.455 bits per heavy atom. The van der Waals surface area contributed by atoms with Gasteiger partial charge >= 0.3 is 39.5 Å². The Kier molecular flexibility index (Phi) is 82.6. The minimum Gasteiger partial charge on any atom is -0.462 e. The maximum absolute atomic E-state index is 13.2. The summed E-state index contributed by atoms with van der Waals surface area (Å²) in [7, 11) is -9.94. The van der Waals surface area contributed by atoms with Crippen molar-refractivity contribution in [1.29, 1.82) is 0 Å². The van der Waals surface area contributed by atoms with Crippen molar-refractivity contribution in [1.82, 2.24) is 0 Å². The molecule has 0 amide bonds. The fourth-order valence-electron chi connectivity index (χ4n) is 14.6. The highest BCUT2D eigenvalue weighted by molar-refractivity contribution is 7.47. The summed E-state index contributed by atoms with van der Waals surface area (Å²) in [6, 6.07) is 0. The number of unbranched alkanes of at least 4 members (excludes halogenated alkanes) is 61. The van der Waals surface area contributed by atoms with Crippen LogP contribution in [0.5, 0.6) is 0 Å². The van der Waals surface area contributed by atoms with Crippen LogP contribution in [0.4, 0.5) is 0 Å². The lowest BCUT2D eigenvalue weighted by Crippen LogP contribution is -2.30. The number of hydrogen-bond acceptors (Lipinski definition) is 15. The van der Waals surface area contributed by atoms with Gasteiger partial charge in [-0.1, -0.05) is 452 Å². The number of aliphatic hydroxyl groups is 1. The Bertz CT molecular complexity index is 2130. The Labute approximate surface area is 689 Å². The molecule has 0 aromatic heterocycles. The van der Waals surface area contributed by atoms with Crippen LogP contribution >= 0.6 is 15.6 Å². The number of aliphatic hydroxyl groups excluding tert-OH is 1. The zero-order valence-corrected chi connectivity index (χ0v) is 75.8. The smallest absolute Gasteiger partial charge is 0.462 e. The van der Waals surface area contributed by atoms with Gasteiger partial charge in [0.05, 0.1) is 26.4 Å². The van der Waals surface area contributed by atoms with Gasteiger partial charge in [0.2, 0.25) is 0 Å². The second-order valence-corrected chi connectivity index (χ2v) is 37.0. The molecule has 0 aliphatic carbocycles. The molecule has 0 heterocycles. The molecule has 3 unspecified atom stereocenters. The molecule has 0 radical (unpaired) electrons. The second kappa shape index (κ2) is 84.1. The van der Waals surface area contributed by atoms with E-state index in [1.165, 1.54) is 321 Å². The number of phosphoric acid groups is 2. The molecule has 0 saturated carbocycles. The van der Waals surface area contributed by atoms with Crippen molar-refractivity contribution < 1.29 is 80.2 Å². The van der Waals surface area contributed by atoms with Crippen molar-refractivity contribution in [2.24, 2.45) is 11.8 Å². The predicted molar refractivity (Wildman–Crippen MR) is 465 cm³/mol. The Morgan fingerprint density at radius 3 is 0.679 bits per heavy atom. The maximum atomic E-state index is 13.2. The zero-order chi connectivity index (χ0) is 82.0. The molecule has 0 fully saturated rings. The quantitative estimate of drug-likeness (QED) is 0.0222. The fourth-order valence-corrected chi connectivity index (χ4v) is 16.2. The standard InChI is InChI=1S/C93H182O17P2/c1-7-10-12-14-16-18-20-22-23-24-25-26-27-31-34-40-46-52-58-64-70-76-91(96)104-82-89(110-92(97)77-71-65-59-53-47-41-35-32-29-28-30-33-38-43-49-55-61-67-73-85(4)5)84-108-112(101,102)106-80-87(94)79-105-111(99,100)107-83-88(81-103-90(95)75-69-63-57-51-45-21-19-17-15-13-11-8-2)109-93(98)78-72-66-60-54-48-42-37-36-39-44-50-56-62-68-74-86(6)9-3/h85-89,94H,7-84H2,1-6H3,(H,99,100)(H,101,102)/t86?,87-,88+,89+/m0/s1. The van der Waals surface area contributed by atoms with Crippen molar-refractivity contribution >= 4 is 39.5 Å². The zero-order valence-electron chi connectivity index (χ0n) is 74.0. The van der Waals surface area contributed by atoms with Gasteiger partial charge in [0.15, 0.2) is 12.2 Å². The number of hydrogen-bond donors (Lipinski definition) is 3. The van der Waals surface area contributed by atoms with Gasteiger partial charge in [-0.05, 0) is 37.5 Å². The van der Waals surface area contributed by atoms with E-state index in [1.54, 1.807) is 0 Å². The lowest BCUT2D eigenvalue weighted by molar-refractivity contribution is -0.161. The van der Waals surface area contributed by atoms with Gasteiger partial charge in [0.1, 0.15) is 19.3 Å². The molecule has 112 heavy (non-hydrogen) atoms. The molecule has 6 atom stereocenters. The summed E-state index contributed by atoms with van der Waals surface area (Å²) in [5.41, 5.74) is 0. The first-order chi connectivity index (χ1) is 54.4. The first-order valence-electron chi connectivity index (χ1n) is 48.0. The summed E-state index contributed by atoms with van der Waals surface area (Å²) in [6.45, 7) is 9.81. The van der Waals surface area contributed by atoms with Gasteiger partial charge in [-0.2, -0.15) is 0 Å². The van der Waals surface area contributed by atoms with E-state index in [4.69, 9.17) is 37.0 Å². The molecule has 19 heteroatoms. The van der Waals surface area contributed by atoms with Crippen molar-refractivity contribution in [2.45, 2.75) is 522 Å². The SMILES string of the molecule is CCCCCCCCCCCCCCCCCCCCCCCC(=O)OC[C@H](COP(=O)(O)OC[C@@H](O)COP(=O)(O)OC[C@@H](COC(=O)CCCCCCCCCCCCCC)OC(=O)CCCCCCCCCCCCCCCCC(C)CC)OC(=O)CCCCCCCCCCCCCCCCCCCCC(C)C. The van der Waals surface area contributed by atoms with Crippen molar-refractivity contribution in [3.05, 3.63) is 0 Å². The summed E-state index contributed by atoms with van der Waals surface area (Å²) < 4.78 is 69.1. The van der Waals surface area contributed by atoms with Crippen LogP contribution in [-0.2, 0) is 65.4 Å². The highest BCUT2D eigenvalue weighted by Crippen LogP contribution is 2.45. The van der Waals surface area contributed by atoms with E-state index in [9.17, 15) is 43.2 Å². The van der Waals surface area contributed by atoms with E-state index in [1.807, 2.05) is 0 Å². The third-order valence-corrected chi connectivity index (χ3v) is 24.2. The van der Waals surface area contributed by atoms with Crippen LogP contribution < -0.4 is 0 Å². The molecule has 3 N–H and O–H groups in total. The van der Waals surface area contributed by atoms with Crippen LogP contribution in [0, 0.1) is 11.8 Å². The number of phosphoric ester groups is 2. The van der Waals surface area contributed by atoms with Crippen LogP contribution in [0.2, 0.25) is 0 Å². The van der Waals surface area contributed by atoms with Crippen LogP contribution in [0.3, 0.4) is 0 Å². The summed E-state index contributed by atoms with van der Waals surface area (Å²) in [6.07, 6.45) is 79.2. The van der Waals surface area contributed by atoms with Gasteiger partial charge in [0, 0.05) is 25.7 Å². The Balaban J connectivity index is 5.24. The number of rotatable bonds is 92. The third kappa shape index (κ3) is 84.5. The fraction of sp³-hybridized carbons (Fsp3) is 0.957. The maximum Gasteiger partial charge on any atom is 0.472 e. The predicted octanol–water partition coefficient (Wildman–Crippen LogP) is 29.0. The average Bonchev–Trinajstić information content (AvgIpc) is 0.902. The largest absolute Gasteiger partial charge is 0.472 e. The number of ether oxygens (including phenoxy) is 4. The molecular formula is C93H182O17P2. The Hall–Kier alpha value is -1.94. The highest BCUT2D eigenvalue weighted by Gasteiger charge is 2.31. The first kappa shape index (κ1) is 110. The molecule has 0 aliphatic rings. The van der Waals surface area contributed by atoms with Crippen LogP contribution in [0.1, 0.15) is 504 Å². The number of carbonyl (C=O) groups is 4. The second-order valence-electron chi connectivity index (χ2n) is 34.1. The molecule has 0 rings (SSSR count). The van der Waals surface area contributed by atoms with E-state index in [-0.39, 0.29) is 25.7 Å². The number of esters is 4. The van der Waals surface area contributed by atoms with Crippen LogP contribution in [-0.4, -0.2) is 96.7 Å². The minimum atomic E-state index is -4.97. The monoisotopic (exact) mass is 1630 g/mol. The van der Waals surface area contributed by atoms with E-state index in [0.29, 0.717) is 25.7 Å². The van der Waals surface area contributed by atoms with Gasteiger partial charge < -0.3 is 33.8 Å². The Morgan fingerprint density at radius 1 is 0.259 bits per heavy atom. The van der Waals surface area contributed by atoms with E-state index < -0.39 is 97.5 Å². The first-order valence-corrected chi connectivity index (χ1v) is 51.0. The van der Waals surface area contributed by atoms with Crippen molar-refractivity contribution in [2.75, 3.05) is 39.6 Å². The minimum absolute atomic E-state index is 0.108. The summed E-state index contributed by atoms with van der Waals surface area (Å²) in [5.74, 6) is -0.426. The highest BCUT2D eigenvalue weighted by atomic mass is 31.2. The molecule has 17 nitrogen and oxygen atoms in total. The van der Waals surface area contributed by atoms with E-state index in [2.05, 4.69) is 41.5 Å². The summed E-state index contributed by atoms with van der Waals surface area (Å²) in [5, 5.41) is 10.7. The molecule has 0 aliphatic heterocycles. The molecule has 0 spiro atoms. The topological polar surface area (TPSA) is 237 Å². The molecule has 0 aromatic rings. The number of carbonyl (C=O) groups excluding carboxylic acids is 4. The van der Waals surface area contributed by atoms with Gasteiger partial charge in [-0.15, -0.1) is 0 Å². The summed E-state index contributed by atoms with van der Waals surface area (Å²) in [4.78, 5) is 73.5. The van der Waals surface area contributed by atoms with Crippen molar-refractivity contribution in [3.63, 3.8) is 0 Å². The third-order valence-electron chi connectivity index (χ3n) is 22.3. The lowest BCUT2D eigenvalue weighted by Gasteiger charge is -2.21. The molecule has 666 valence electrons. The molecule has 0 saturated heterocycles. The van der Waals surface area contributed by atoms with Crippen LogP contribution in [0.25, 0.3) is 0 Å². The molecule has 0 bridgehead atoms. The lowest BCUT2D eigenvalue weighted by atomic mass is 9.99. The average molecular weight is 1630 g/mol. The normalized spacial score (nSPS) is 13.9. The molecule has 0 aromatic carbocycles. The van der Waals surface area contributed by atoms with Gasteiger partial charge in [-0.25, -0.2) is 9.13 Å². The van der Waals surface area contributed by atoms with Gasteiger partial charge in [0.25, 0.3) is 0 Å². The summed E-state index contributed by atoms with van der Waals surface area (Å²) >= 11 is 0. The van der Waals surface area contributed by atoms with Gasteiger partial charge in [-0.3, -0.25) is 37.3 Å². The van der Waals surface area contributed by atoms with E-state index >= 15 is 0 Å².